The van der Waals surface area contributed by atoms with Gasteiger partial charge in [-0.2, -0.15) is 4.73 Å². The summed E-state index contributed by atoms with van der Waals surface area (Å²) in [6.07, 6.45) is 5.42. The highest BCUT2D eigenvalue weighted by Gasteiger charge is 2.29. The van der Waals surface area contributed by atoms with Gasteiger partial charge in [0.25, 0.3) is 0 Å². The van der Waals surface area contributed by atoms with Crippen LogP contribution in [0.25, 0.3) is 10.9 Å². The van der Waals surface area contributed by atoms with Crippen LogP contribution in [0.2, 0.25) is 0 Å². The highest BCUT2D eigenvalue weighted by molar-refractivity contribution is 5.90. The number of nitrogens with zero attached hydrogens (tertiary/aromatic N) is 3. The van der Waals surface area contributed by atoms with Crippen LogP contribution >= 0.6 is 0 Å². The Bertz CT molecular complexity index is 971. The van der Waals surface area contributed by atoms with E-state index >= 15 is 0 Å². The number of pyridine rings is 1. The SMILES string of the molecule is Cc1cc2c3c(c1)c1c(n3CC(c3cc[n+]([O-])cc3)C2)CCN(C)C1. The van der Waals surface area contributed by atoms with Crippen molar-refractivity contribution in [2.75, 3.05) is 13.6 Å². The fraction of sp³-hybridized carbons (Fsp3) is 0.381. The van der Waals surface area contributed by atoms with E-state index in [1.165, 1.54) is 38.9 Å². The zero-order valence-corrected chi connectivity index (χ0v) is 14.8. The first-order chi connectivity index (χ1) is 12.1. The zero-order chi connectivity index (χ0) is 17.1. The van der Waals surface area contributed by atoms with E-state index in [9.17, 15) is 5.21 Å². The fourth-order valence-corrected chi connectivity index (χ4v) is 4.79. The van der Waals surface area contributed by atoms with Crippen LogP contribution in [-0.2, 0) is 25.9 Å². The first-order valence-corrected chi connectivity index (χ1v) is 9.11. The van der Waals surface area contributed by atoms with E-state index in [0.29, 0.717) is 5.92 Å². The molecule has 128 valence electrons. The van der Waals surface area contributed by atoms with Crippen LogP contribution in [0.5, 0.6) is 0 Å². The average Bonchev–Trinajstić information content (AvgIpc) is 2.89. The molecule has 1 aromatic carbocycles. The van der Waals surface area contributed by atoms with Crippen molar-refractivity contribution in [3.05, 3.63) is 69.8 Å². The molecule has 0 spiro atoms. The van der Waals surface area contributed by atoms with Crippen molar-refractivity contribution in [1.82, 2.24) is 9.47 Å². The number of aryl methyl sites for hydroxylation is 1. The summed E-state index contributed by atoms with van der Waals surface area (Å²) in [7, 11) is 2.22. The summed E-state index contributed by atoms with van der Waals surface area (Å²) in [6.45, 7) is 5.41. The van der Waals surface area contributed by atoms with Gasteiger partial charge in [0, 0.05) is 55.2 Å². The molecule has 0 saturated carbocycles. The van der Waals surface area contributed by atoms with Gasteiger partial charge < -0.3 is 14.7 Å². The van der Waals surface area contributed by atoms with Crippen LogP contribution in [0, 0.1) is 12.1 Å². The molecule has 1 atom stereocenters. The number of hydrogen-bond donors (Lipinski definition) is 0. The number of hydrogen-bond acceptors (Lipinski definition) is 2. The van der Waals surface area contributed by atoms with E-state index in [2.05, 4.69) is 35.6 Å². The minimum Gasteiger partial charge on any atom is -0.619 e. The van der Waals surface area contributed by atoms with Crippen molar-refractivity contribution in [3.63, 3.8) is 0 Å². The van der Waals surface area contributed by atoms with Crippen molar-refractivity contribution >= 4 is 10.9 Å². The molecule has 0 radical (unpaired) electrons. The third-order valence-corrected chi connectivity index (χ3v) is 5.93. The molecule has 0 bridgehead atoms. The monoisotopic (exact) mass is 333 g/mol. The minimum atomic E-state index is 0.440. The van der Waals surface area contributed by atoms with Gasteiger partial charge in [-0.15, -0.1) is 0 Å². The summed E-state index contributed by atoms with van der Waals surface area (Å²) in [4.78, 5) is 2.42. The molecule has 5 rings (SSSR count). The van der Waals surface area contributed by atoms with Gasteiger partial charge >= 0.3 is 0 Å². The molecule has 4 nitrogen and oxygen atoms in total. The molecule has 4 heteroatoms. The topological polar surface area (TPSA) is 35.1 Å². The lowest BCUT2D eigenvalue weighted by molar-refractivity contribution is -0.605. The van der Waals surface area contributed by atoms with E-state index in [-0.39, 0.29) is 0 Å². The summed E-state index contributed by atoms with van der Waals surface area (Å²) >= 11 is 0. The first-order valence-electron chi connectivity index (χ1n) is 9.11. The molecule has 25 heavy (non-hydrogen) atoms. The number of rotatable bonds is 1. The Hall–Kier alpha value is -2.33. The average molecular weight is 333 g/mol. The maximum Gasteiger partial charge on any atom is 0.180 e. The Balaban J connectivity index is 1.68. The standard InChI is InChI=1S/C21H23N3O/c1-14-9-16-11-17(15-3-7-23(25)8-4-15)12-24-20-5-6-22(2)13-19(20)18(10-14)21(16)24/h3-4,7-10,17H,5-6,11-13H2,1-2H3. The fourth-order valence-electron chi connectivity index (χ4n) is 4.79. The molecule has 0 N–H and O–H groups in total. The quantitative estimate of drug-likeness (QED) is 0.507. The highest BCUT2D eigenvalue weighted by Crippen LogP contribution is 2.40. The van der Waals surface area contributed by atoms with E-state index in [4.69, 9.17) is 0 Å². The Morgan fingerprint density at radius 2 is 2.00 bits per heavy atom. The van der Waals surface area contributed by atoms with Gasteiger partial charge in [0.05, 0.1) is 5.52 Å². The molecular weight excluding hydrogens is 310 g/mol. The molecule has 2 aliphatic heterocycles. The van der Waals surface area contributed by atoms with Gasteiger partial charge in [0.1, 0.15) is 0 Å². The van der Waals surface area contributed by atoms with Gasteiger partial charge in [0.15, 0.2) is 12.4 Å². The smallest absolute Gasteiger partial charge is 0.180 e. The van der Waals surface area contributed by atoms with Crippen molar-refractivity contribution in [2.45, 2.75) is 38.8 Å². The summed E-state index contributed by atoms with van der Waals surface area (Å²) in [5.41, 5.74) is 8.59. The van der Waals surface area contributed by atoms with Gasteiger partial charge in [-0.25, -0.2) is 0 Å². The van der Waals surface area contributed by atoms with Gasteiger partial charge in [-0.05, 0) is 43.1 Å². The second kappa shape index (κ2) is 5.33. The summed E-state index contributed by atoms with van der Waals surface area (Å²) in [6, 6.07) is 8.70. The van der Waals surface area contributed by atoms with E-state index in [0.717, 1.165) is 37.2 Å². The van der Waals surface area contributed by atoms with Gasteiger partial charge in [-0.1, -0.05) is 11.6 Å². The summed E-state index contributed by atoms with van der Waals surface area (Å²) < 4.78 is 3.45. The Morgan fingerprint density at radius 3 is 2.80 bits per heavy atom. The zero-order valence-electron chi connectivity index (χ0n) is 14.8. The maximum atomic E-state index is 11.4. The van der Waals surface area contributed by atoms with E-state index in [1.54, 1.807) is 12.4 Å². The number of aromatic nitrogens is 2. The lowest BCUT2D eigenvalue weighted by Gasteiger charge is -2.28. The predicted octanol–water partition coefficient (Wildman–Crippen LogP) is 2.91. The molecule has 0 amide bonds. The molecule has 0 aliphatic carbocycles. The molecular formula is C21H23N3O. The molecule has 1 unspecified atom stereocenters. The van der Waals surface area contributed by atoms with E-state index in [1.807, 2.05) is 12.1 Å². The molecule has 0 fully saturated rings. The van der Waals surface area contributed by atoms with Crippen LogP contribution in [0.3, 0.4) is 0 Å². The van der Waals surface area contributed by atoms with Crippen molar-refractivity contribution in [3.8, 4) is 0 Å². The predicted molar refractivity (Wildman–Crippen MR) is 98.6 cm³/mol. The van der Waals surface area contributed by atoms with E-state index < -0.39 is 0 Å². The third kappa shape index (κ3) is 2.28. The van der Waals surface area contributed by atoms with Crippen molar-refractivity contribution in [1.29, 1.82) is 0 Å². The highest BCUT2D eigenvalue weighted by atomic mass is 16.5. The Labute approximate surface area is 147 Å². The summed E-state index contributed by atoms with van der Waals surface area (Å²) in [5.74, 6) is 0.440. The molecule has 3 aromatic rings. The van der Waals surface area contributed by atoms with Crippen molar-refractivity contribution < 1.29 is 4.73 Å². The molecule has 2 aromatic heterocycles. The van der Waals surface area contributed by atoms with Gasteiger partial charge in [-0.3, -0.25) is 0 Å². The normalized spacial score (nSPS) is 20.0. The third-order valence-electron chi connectivity index (χ3n) is 5.93. The lowest BCUT2D eigenvalue weighted by atomic mass is 9.88. The van der Waals surface area contributed by atoms with Crippen LogP contribution in [0.1, 0.15) is 33.9 Å². The Kier molecular flexibility index (Phi) is 3.19. The van der Waals surface area contributed by atoms with Crippen molar-refractivity contribution in [2.24, 2.45) is 0 Å². The van der Waals surface area contributed by atoms with Crippen LogP contribution in [0.4, 0.5) is 0 Å². The minimum absolute atomic E-state index is 0.440. The van der Waals surface area contributed by atoms with Crippen LogP contribution in [-0.4, -0.2) is 23.1 Å². The Morgan fingerprint density at radius 1 is 1.20 bits per heavy atom. The molecule has 2 aliphatic rings. The largest absolute Gasteiger partial charge is 0.619 e. The van der Waals surface area contributed by atoms with Crippen LogP contribution < -0.4 is 4.73 Å². The second-order valence-electron chi connectivity index (χ2n) is 7.74. The van der Waals surface area contributed by atoms with Crippen LogP contribution in [0.15, 0.2) is 36.7 Å². The maximum absolute atomic E-state index is 11.4. The second-order valence-corrected chi connectivity index (χ2v) is 7.74. The molecule has 0 saturated heterocycles. The number of likely N-dealkylation sites (N-methyl/N-ethyl adjacent to an activating group) is 1. The van der Waals surface area contributed by atoms with Gasteiger partial charge in [0.2, 0.25) is 0 Å². The number of fused-ring (bicyclic) bond motifs is 3. The molecule has 4 heterocycles. The number of benzene rings is 1. The first kappa shape index (κ1) is 15.0. The lowest BCUT2D eigenvalue weighted by Crippen LogP contribution is -2.28. The summed E-state index contributed by atoms with van der Waals surface area (Å²) in [5, 5.41) is 12.8.